The summed E-state index contributed by atoms with van der Waals surface area (Å²) in [5.74, 6) is 0.595. The Balaban J connectivity index is 3.23. The molecule has 0 saturated carbocycles. The zero-order valence-corrected chi connectivity index (χ0v) is 11.3. The van der Waals surface area contributed by atoms with Crippen LogP contribution in [0.4, 0.5) is 0 Å². The van der Waals surface area contributed by atoms with Gasteiger partial charge < -0.3 is 15.6 Å². The normalized spacial score (nSPS) is 16.4. The number of hydrogen-bond acceptors (Lipinski definition) is 3. The molecule has 96 valence electrons. The van der Waals surface area contributed by atoms with Crippen LogP contribution < -0.4 is 10.5 Å². The van der Waals surface area contributed by atoms with Crippen LogP contribution in [-0.2, 0) is 0 Å². The fourth-order valence-electron chi connectivity index (χ4n) is 1.76. The number of hydrogen-bond donors (Lipinski definition) is 2. The summed E-state index contributed by atoms with van der Waals surface area (Å²) in [7, 11) is 1.56. The summed E-state index contributed by atoms with van der Waals surface area (Å²) >= 11 is 6.14. The van der Waals surface area contributed by atoms with Crippen LogP contribution in [0.1, 0.15) is 31.9 Å². The Kier molecular flexibility index (Phi) is 4.80. The van der Waals surface area contributed by atoms with Crippen LogP contribution >= 0.6 is 11.6 Å². The van der Waals surface area contributed by atoms with Gasteiger partial charge in [0.15, 0.2) is 0 Å². The molecule has 0 spiro atoms. The fraction of sp³-hybridized carbons (Fsp3) is 0.538. The van der Waals surface area contributed by atoms with Gasteiger partial charge in [-0.15, -0.1) is 0 Å². The van der Waals surface area contributed by atoms with Gasteiger partial charge in [0.05, 0.1) is 18.2 Å². The summed E-state index contributed by atoms with van der Waals surface area (Å²) in [6, 6.07) is 5.33. The van der Waals surface area contributed by atoms with Crippen LogP contribution in [-0.4, -0.2) is 18.8 Å². The van der Waals surface area contributed by atoms with Crippen molar-refractivity contribution in [2.45, 2.75) is 26.4 Å². The van der Waals surface area contributed by atoms with Crippen molar-refractivity contribution >= 4 is 11.6 Å². The molecule has 1 aromatic carbocycles. The second-order valence-corrected chi connectivity index (χ2v) is 4.88. The quantitative estimate of drug-likeness (QED) is 0.853. The summed E-state index contributed by atoms with van der Waals surface area (Å²) in [5.41, 5.74) is 5.97. The molecule has 0 amide bonds. The molecule has 17 heavy (non-hydrogen) atoms. The van der Waals surface area contributed by atoms with E-state index in [9.17, 15) is 5.11 Å². The molecule has 0 aliphatic carbocycles. The molecule has 0 saturated heterocycles. The Morgan fingerprint density at radius 2 is 2.18 bits per heavy atom. The van der Waals surface area contributed by atoms with Gasteiger partial charge in [-0.3, -0.25) is 0 Å². The van der Waals surface area contributed by atoms with E-state index in [-0.39, 0.29) is 0 Å². The maximum Gasteiger partial charge on any atom is 0.126 e. The van der Waals surface area contributed by atoms with Crippen molar-refractivity contribution in [1.29, 1.82) is 0 Å². The van der Waals surface area contributed by atoms with E-state index in [0.717, 1.165) is 6.42 Å². The van der Waals surface area contributed by atoms with E-state index in [4.69, 9.17) is 22.1 Å². The first-order valence-corrected chi connectivity index (χ1v) is 6.08. The third kappa shape index (κ3) is 2.73. The third-order valence-corrected chi connectivity index (χ3v) is 3.77. The van der Waals surface area contributed by atoms with Crippen molar-refractivity contribution < 1.29 is 9.84 Å². The van der Waals surface area contributed by atoms with E-state index in [0.29, 0.717) is 22.9 Å². The Morgan fingerprint density at radius 3 is 2.65 bits per heavy atom. The summed E-state index contributed by atoms with van der Waals surface area (Å²) in [5, 5.41) is 11.0. The molecular formula is C13H20ClNO2. The van der Waals surface area contributed by atoms with E-state index in [1.807, 2.05) is 13.8 Å². The van der Waals surface area contributed by atoms with E-state index in [1.54, 1.807) is 25.3 Å². The summed E-state index contributed by atoms with van der Waals surface area (Å²) in [4.78, 5) is 0. The monoisotopic (exact) mass is 257 g/mol. The second kappa shape index (κ2) is 5.71. The molecule has 4 heteroatoms. The van der Waals surface area contributed by atoms with E-state index in [1.165, 1.54) is 0 Å². The SMILES string of the molecule is CCC(C)(CN)C(O)c1c(Cl)cccc1OC. The Hall–Kier alpha value is -0.770. The molecule has 2 atom stereocenters. The van der Waals surface area contributed by atoms with Crippen molar-refractivity contribution in [1.82, 2.24) is 0 Å². The van der Waals surface area contributed by atoms with Crippen LogP contribution in [0, 0.1) is 5.41 Å². The predicted octanol–water partition coefficient (Wildman–Crippen LogP) is 2.76. The maximum absolute atomic E-state index is 10.5. The molecule has 1 rings (SSSR count). The van der Waals surface area contributed by atoms with E-state index < -0.39 is 11.5 Å². The van der Waals surface area contributed by atoms with Crippen molar-refractivity contribution in [3.63, 3.8) is 0 Å². The average molecular weight is 258 g/mol. The van der Waals surface area contributed by atoms with Gasteiger partial charge in [0, 0.05) is 17.5 Å². The van der Waals surface area contributed by atoms with Crippen LogP contribution in [0.3, 0.4) is 0 Å². The summed E-state index contributed by atoms with van der Waals surface area (Å²) in [6.45, 7) is 4.33. The highest BCUT2D eigenvalue weighted by Crippen LogP contribution is 2.42. The van der Waals surface area contributed by atoms with Crippen molar-refractivity contribution in [3.05, 3.63) is 28.8 Å². The Labute approximate surface area is 108 Å². The number of methoxy groups -OCH3 is 1. The molecular weight excluding hydrogens is 238 g/mol. The minimum Gasteiger partial charge on any atom is -0.496 e. The highest BCUT2D eigenvalue weighted by molar-refractivity contribution is 6.31. The molecule has 2 unspecified atom stereocenters. The van der Waals surface area contributed by atoms with Gasteiger partial charge in [-0.25, -0.2) is 0 Å². The van der Waals surface area contributed by atoms with Crippen molar-refractivity contribution in [2.24, 2.45) is 11.1 Å². The molecule has 0 radical (unpaired) electrons. The summed E-state index contributed by atoms with van der Waals surface area (Å²) < 4.78 is 5.25. The minimum absolute atomic E-state index is 0.388. The van der Waals surface area contributed by atoms with Gasteiger partial charge in [0.25, 0.3) is 0 Å². The van der Waals surface area contributed by atoms with Crippen molar-refractivity contribution in [2.75, 3.05) is 13.7 Å². The maximum atomic E-state index is 10.5. The lowest BCUT2D eigenvalue weighted by molar-refractivity contribution is 0.0373. The van der Waals surface area contributed by atoms with Gasteiger partial charge in [-0.05, 0) is 18.6 Å². The van der Waals surface area contributed by atoms with Crippen LogP contribution in [0.15, 0.2) is 18.2 Å². The first-order valence-electron chi connectivity index (χ1n) is 5.70. The molecule has 3 nitrogen and oxygen atoms in total. The van der Waals surface area contributed by atoms with Gasteiger partial charge >= 0.3 is 0 Å². The molecule has 3 N–H and O–H groups in total. The number of ether oxygens (including phenoxy) is 1. The molecule has 1 aromatic rings. The number of aliphatic hydroxyl groups is 1. The number of aliphatic hydroxyl groups excluding tert-OH is 1. The minimum atomic E-state index is -0.735. The van der Waals surface area contributed by atoms with Gasteiger partial charge in [0.2, 0.25) is 0 Å². The van der Waals surface area contributed by atoms with Crippen LogP contribution in [0.2, 0.25) is 5.02 Å². The zero-order chi connectivity index (χ0) is 13.1. The number of rotatable bonds is 5. The highest BCUT2D eigenvalue weighted by Gasteiger charge is 2.34. The first kappa shape index (κ1) is 14.3. The molecule has 0 heterocycles. The molecule has 0 bridgehead atoms. The average Bonchev–Trinajstić information content (AvgIpc) is 2.36. The largest absolute Gasteiger partial charge is 0.496 e. The van der Waals surface area contributed by atoms with Gasteiger partial charge in [-0.2, -0.15) is 0 Å². The lowest BCUT2D eigenvalue weighted by Gasteiger charge is -2.33. The van der Waals surface area contributed by atoms with E-state index in [2.05, 4.69) is 0 Å². The lowest BCUT2D eigenvalue weighted by Crippen LogP contribution is -2.33. The molecule has 0 aliphatic rings. The van der Waals surface area contributed by atoms with Crippen LogP contribution in [0.5, 0.6) is 5.75 Å². The number of nitrogens with two attached hydrogens (primary N) is 1. The standard InChI is InChI=1S/C13H20ClNO2/c1-4-13(2,8-15)12(16)11-9(14)6-5-7-10(11)17-3/h5-7,12,16H,4,8,15H2,1-3H3. The Bertz CT molecular complexity index is 378. The van der Waals surface area contributed by atoms with Crippen LogP contribution in [0.25, 0.3) is 0 Å². The predicted molar refractivity (Wildman–Crippen MR) is 70.4 cm³/mol. The molecule has 0 aromatic heterocycles. The third-order valence-electron chi connectivity index (χ3n) is 3.44. The van der Waals surface area contributed by atoms with Gasteiger partial charge in [0.1, 0.15) is 5.75 Å². The topological polar surface area (TPSA) is 55.5 Å². The molecule has 0 fully saturated rings. The van der Waals surface area contributed by atoms with E-state index >= 15 is 0 Å². The summed E-state index contributed by atoms with van der Waals surface area (Å²) in [6.07, 6.45) is 0.0279. The molecule has 0 aliphatic heterocycles. The first-order chi connectivity index (χ1) is 8.00. The number of halogens is 1. The smallest absolute Gasteiger partial charge is 0.126 e. The number of benzene rings is 1. The van der Waals surface area contributed by atoms with Crippen molar-refractivity contribution in [3.8, 4) is 5.75 Å². The Morgan fingerprint density at radius 1 is 1.53 bits per heavy atom. The highest BCUT2D eigenvalue weighted by atomic mass is 35.5. The zero-order valence-electron chi connectivity index (χ0n) is 10.5. The fourth-order valence-corrected chi connectivity index (χ4v) is 2.03. The second-order valence-electron chi connectivity index (χ2n) is 4.47. The van der Waals surface area contributed by atoms with Gasteiger partial charge in [-0.1, -0.05) is 31.5 Å². The lowest BCUT2D eigenvalue weighted by atomic mass is 9.78.